The van der Waals surface area contributed by atoms with Crippen LogP contribution in [0.4, 0.5) is 0 Å². The minimum atomic E-state index is -2.98. The van der Waals surface area contributed by atoms with E-state index < -0.39 is 15.9 Å². The second-order valence-electron chi connectivity index (χ2n) is 8.84. The highest BCUT2D eigenvalue weighted by Gasteiger charge is 2.36. The largest absolute Gasteiger partial charge is 0.340 e. The predicted molar refractivity (Wildman–Crippen MR) is 112 cm³/mol. The van der Waals surface area contributed by atoms with Crippen LogP contribution in [0, 0.1) is 0 Å². The highest BCUT2D eigenvalue weighted by atomic mass is 32.2. The first kappa shape index (κ1) is 21.3. The zero-order chi connectivity index (χ0) is 20.4. The molecule has 2 aliphatic heterocycles. The molecule has 28 heavy (non-hydrogen) atoms. The Balaban J connectivity index is 1.79. The molecule has 2 aliphatic rings. The number of carbonyl (C=O) groups excluding carboxylic acids is 1. The van der Waals surface area contributed by atoms with E-state index in [0.717, 1.165) is 31.6 Å². The third-order valence-electron chi connectivity index (χ3n) is 5.85. The van der Waals surface area contributed by atoms with Crippen LogP contribution >= 0.6 is 0 Å². The monoisotopic (exact) mass is 407 g/mol. The summed E-state index contributed by atoms with van der Waals surface area (Å²) < 4.78 is 23.7. The van der Waals surface area contributed by atoms with Crippen LogP contribution in [0.2, 0.25) is 0 Å². The Morgan fingerprint density at radius 1 is 0.929 bits per heavy atom. The van der Waals surface area contributed by atoms with Gasteiger partial charge in [0.25, 0.3) is 0 Å². The summed E-state index contributed by atoms with van der Waals surface area (Å²) in [6, 6.07) is 9.38. The molecule has 2 saturated heterocycles. The Morgan fingerprint density at radius 3 is 2.18 bits per heavy atom. The van der Waals surface area contributed by atoms with E-state index >= 15 is 0 Å². The van der Waals surface area contributed by atoms with Crippen LogP contribution in [-0.4, -0.2) is 85.3 Å². The molecule has 1 amide bonds. The normalized spacial score (nSPS) is 23.2. The van der Waals surface area contributed by atoms with Crippen LogP contribution in [-0.2, 0) is 14.6 Å². The van der Waals surface area contributed by atoms with Crippen LogP contribution in [0.15, 0.2) is 30.3 Å². The molecule has 7 heteroatoms. The maximum Gasteiger partial charge on any atom is 0.244 e. The van der Waals surface area contributed by atoms with Gasteiger partial charge in [-0.3, -0.25) is 14.6 Å². The Kier molecular flexibility index (Phi) is 6.47. The zero-order valence-electron chi connectivity index (χ0n) is 17.3. The molecule has 0 spiro atoms. The van der Waals surface area contributed by atoms with Crippen LogP contribution in [0.5, 0.6) is 0 Å². The number of sulfone groups is 1. The lowest BCUT2D eigenvalue weighted by molar-refractivity contribution is -0.137. The summed E-state index contributed by atoms with van der Waals surface area (Å²) in [4.78, 5) is 20.0. The van der Waals surface area contributed by atoms with Gasteiger partial charge in [0, 0.05) is 44.8 Å². The predicted octanol–water partition coefficient (Wildman–Crippen LogP) is 1.79. The number of nitrogens with zero attached hydrogens (tertiary/aromatic N) is 3. The number of hydrogen-bond donors (Lipinski definition) is 0. The van der Waals surface area contributed by atoms with E-state index in [-0.39, 0.29) is 23.0 Å². The van der Waals surface area contributed by atoms with Crippen molar-refractivity contribution in [2.45, 2.75) is 38.8 Å². The molecule has 0 aliphatic carbocycles. The van der Waals surface area contributed by atoms with Crippen LogP contribution < -0.4 is 0 Å². The average Bonchev–Trinajstić information content (AvgIpc) is 2.90. The third kappa shape index (κ3) is 5.13. The molecule has 0 radical (unpaired) electrons. The van der Waals surface area contributed by atoms with Crippen molar-refractivity contribution < 1.29 is 13.2 Å². The second kappa shape index (κ2) is 8.51. The minimum absolute atomic E-state index is 0.0963. The van der Waals surface area contributed by atoms with Crippen molar-refractivity contribution >= 4 is 15.7 Å². The van der Waals surface area contributed by atoms with Crippen molar-refractivity contribution in [1.29, 1.82) is 0 Å². The summed E-state index contributed by atoms with van der Waals surface area (Å²) in [6.07, 6.45) is 0.957. The van der Waals surface area contributed by atoms with E-state index in [9.17, 15) is 13.2 Å². The molecule has 156 valence electrons. The van der Waals surface area contributed by atoms with Crippen molar-refractivity contribution in [1.82, 2.24) is 14.7 Å². The molecule has 1 unspecified atom stereocenters. The molecular formula is C21H33N3O3S. The number of benzene rings is 1. The number of rotatable bonds is 3. The molecule has 1 atom stereocenters. The fourth-order valence-electron chi connectivity index (χ4n) is 4.11. The molecular weight excluding hydrogens is 374 g/mol. The summed E-state index contributed by atoms with van der Waals surface area (Å²) in [6.45, 7) is 10.8. The van der Waals surface area contributed by atoms with Crippen LogP contribution in [0.3, 0.4) is 0 Å². The minimum Gasteiger partial charge on any atom is -0.340 e. The average molecular weight is 408 g/mol. The fourth-order valence-corrected chi connectivity index (χ4v) is 5.34. The highest BCUT2D eigenvalue weighted by molar-refractivity contribution is 7.91. The van der Waals surface area contributed by atoms with Crippen molar-refractivity contribution in [3.63, 3.8) is 0 Å². The van der Waals surface area contributed by atoms with E-state index in [2.05, 4.69) is 25.7 Å². The van der Waals surface area contributed by atoms with Gasteiger partial charge in [-0.25, -0.2) is 8.42 Å². The first-order chi connectivity index (χ1) is 13.2. The van der Waals surface area contributed by atoms with Gasteiger partial charge >= 0.3 is 0 Å². The number of amides is 1. The van der Waals surface area contributed by atoms with Crippen molar-refractivity contribution in [2.24, 2.45) is 0 Å². The third-order valence-corrected chi connectivity index (χ3v) is 7.46. The molecule has 0 bridgehead atoms. The SMILES string of the molecule is CC(C)(C)N1CCCN(C(=O)C(c2ccccc2)N2CCS(=O)(=O)CC2)CC1. The summed E-state index contributed by atoms with van der Waals surface area (Å²) in [5.74, 6) is 0.351. The maximum atomic E-state index is 13.6. The van der Waals surface area contributed by atoms with Gasteiger partial charge in [0.15, 0.2) is 9.84 Å². The summed E-state index contributed by atoms with van der Waals surface area (Å²) in [7, 11) is -2.98. The van der Waals surface area contributed by atoms with Gasteiger partial charge in [-0.15, -0.1) is 0 Å². The maximum absolute atomic E-state index is 13.6. The topological polar surface area (TPSA) is 60.9 Å². The van der Waals surface area contributed by atoms with Gasteiger partial charge in [-0.1, -0.05) is 30.3 Å². The van der Waals surface area contributed by atoms with Gasteiger partial charge in [-0.2, -0.15) is 0 Å². The number of carbonyl (C=O) groups is 1. The fraction of sp³-hybridized carbons (Fsp3) is 0.667. The molecule has 2 fully saturated rings. The Morgan fingerprint density at radius 2 is 1.57 bits per heavy atom. The molecule has 1 aromatic carbocycles. The lowest BCUT2D eigenvalue weighted by atomic mass is 10.0. The molecule has 6 nitrogen and oxygen atoms in total. The van der Waals surface area contributed by atoms with Gasteiger partial charge in [-0.05, 0) is 32.8 Å². The standard InChI is InChI=1S/C21H33N3O3S/c1-21(2,3)24-11-7-10-23(12-13-24)20(25)19(18-8-5-4-6-9-18)22-14-16-28(26,27)17-15-22/h4-6,8-9,19H,7,10-17H2,1-3H3. The molecule has 0 saturated carbocycles. The molecule has 3 rings (SSSR count). The van der Waals surface area contributed by atoms with Gasteiger partial charge in [0.1, 0.15) is 6.04 Å². The van der Waals surface area contributed by atoms with E-state index in [0.29, 0.717) is 19.6 Å². The summed E-state index contributed by atoms with van der Waals surface area (Å²) >= 11 is 0. The smallest absolute Gasteiger partial charge is 0.244 e. The second-order valence-corrected chi connectivity index (χ2v) is 11.1. The van der Waals surface area contributed by atoms with E-state index in [1.165, 1.54) is 0 Å². The first-order valence-electron chi connectivity index (χ1n) is 10.2. The van der Waals surface area contributed by atoms with E-state index in [1.807, 2.05) is 40.1 Å². The van der Waals surface area contributed by atoms with Crippen molar-refractivity contribution in [2.75, 3.05) is 50.8 Å². The van der Waals surface area contributed by atoms with Gasteiger partial charge in [0.2, 0.25) is 5.91 Å². The first-order valence-corrected chi connectivity index (χ1v) is 12.0. The quantitative estimate of drug-likeness (QED) is 0.765. The van der Waals surface area contributed by atoms with E-state index in [1.54, 1.807) is 0 Å². The van der Waals surface area contributed by atoms with Crippen LogP contribution in [0.1, 0.15) is 38.8 Å². The van der Waals surface area contributed by atoms with Crippen molar-refractivity contribution in [3.8, 4) is 0 Å². The lowest BCUT2D eigenvalue weighted by Gasteiger charge is -2.37. The molecule has 2 heterocycles. The van der Waals surface area contributed by atoms with Crippen LogP contribution in [0.25, 0.3) is 0 Å². The Hall–Kier alpha value is -1.44. The Bertz CT molecular complexity index is 760. The summed E-state index contributed by atoms with van der Waals surface area (Å²) in [5, 5.41) is 0. The zero-order valence-corrected chi connectivity index (χ0v) is 18.1. The molecule has 0 aromatic heterocycles. The van der Waals surface area contributed by atoms with Gasteiger partial charge < -0.3 is 4.90 Å². The molecule has 0 N–H and O–H groups in total. The van der Waals surface area contributed by atoms with E-state index in [4.69, 9.17) is 0 Å². The van der Waals surface area contributed by atoms with Crippen molar-refractivity contribution in [3.05, 3.63) is 35.9 Å². The number of hydrogen-bond acceptors (Lipinski definition) is 5. The Labute approximate surface area is 169 Å². The van der Waals surface area contributed by atoms with Gasteiger partial charge in [0.05, 0.1) is 11.5 Å². The highest BCUT2D eigenvalue weighted by Crippen LogP contribution is 2.26. The lowest BCUT2D eigenvalue weighted by Crippen LogP contribution is -2.49. The molecule has 1 aromatic rings. The summed E-state index contributed by atoms with van der Waals surface area (Å²) in [5.41, 5.74) is 1.04.